The Hall–Kier alpha value is -3.27. The second-order valence-electron chi connectivity index (χ2n) is 11.0. The predicted molar refractivity (Wildman–Crippen MR) is 136 cm³/mol. The van der Waals surface area contributed by atoms with Crippen LogP contribution in [0, 0.1) is 11.8 Å². The lowest BCUT2D eigenvalue weighted by molar-refractivity contribution is -0.124. The molecule has 10 heteroatoms. The van der Waals surface area contributed by atoms with Gasteiger partial charge in [0.15, 0.2) is 0 Å². The number of hydrogen-bond acceptors (Lipinski definition) is 7. The van der Waals surface area contributed by atoms with Crippen molar-refractivity contribution < 1.29 is 23.6 Å². The van der Waals surface area contributed by atoms with Crippen molar-refractivity contribution in [3.05, 3.63) is 35.3 Å². The molecule has 1 saturated carbocycles. The van der Waals surface area contributed by atoms with E-state index in [1.807, 2.05) is 13.8 Å². The van der Waals surface area contributed by atoms with E-state index in [4.69, 9.17) is 9.26 Å². The molecule has 2 aromatic rings. The van der Waals surface area contributed by atoms with E-state index >= 15 is 0 Å². The molecule has 0 bridgehead atoms. The Bertz CT molecular complexity index is 1180. The normalized spacial score (nSPS) is 23.4. The summed E-state index contributed by atoms with van der Waals surface area (Å²) in [5.41, 5.74) is 1.79. The summed E-state index contributed by atoms with van der Waals surface area (Å²) in [6.07, 6.45) is 7.92. The molecular formula is C27H35N5O5. The van der Waals surface area contributed by atoms with Crippen molar-refractivity contribution in [3.8, 4) is 0 Å². The topological polar surface area (TPSA) is 135 Å². The minimum atomic E-state index is -0.735. The van der Waals surface area contributed by atoms with Gasteiger partial charge in [-0.05, 0) is 43.4 Å². The molecule has 1 aliphatic carbocycles. The number of pyridine rings is 1. The first-order valence-corrected chi connectivity index (χ1v) is 13.2. The van der Waals surface area contributed by atoms with Gasteiger partial charge in [0.2, 0.25) is 11.8 Å². The molecule has 2 fully saturated rings. The van der Waals surface area contributed by atoms with Crippen LogP contribution in [-0.4, -0.2) is 47.1 Å². The third-order valence-corrected chi connectivity index (χ3v) is 8.19. The average molecular weight is 510 g/mol. The van der Waals surface area contributed by atoms with E-state index in [2.05, 4.69) is 33.0 Å². The van der Waals surface area contributed by atoms with Gasteiger partial charge in [0.1, 0.15) is 23.7 Å². The molecule has 1 unspecified atom stereocenters. The number of rotatable bonds is 6. The van der Waals surface area contributed by atoms with E-state index in [0.717, 1.165) is 31.2 Å². The van der Waals surface area contributed by atoms with Crippen LogP contribution >= 0.6 is 0 Å². The molecule has 37 heavy (non-hydrogen) atoms. The standard InChI is InChI=1S/C27H35N5O5/c1-15(2)22-18(14-37-32-22)24(33)31-23(17-6-4-16(3)5-7-17)25(34)30-21-12-20-19(13-28-21)27(26(35)29-20)8-10-36-11-9-27/h12-17,23H,4-11H2,1-3H3,(H,29,35)(H,31,33)(H,28,30,34). The molecule has 1 saturated heterocycles. The molecule has 1 spiro atoms. The summed E-state index contributed by atoms with van der Waals surface area (Å²) in [5, 5.41) is 12.8. The monoisotopic (exact) mass is 509 g/mol. The zero-order chi connectivity index (χ0) is 26.2. The molecule has 0 radical (unpaired) electrons. The van der Waals surface area contributed by atoms with Crippen molar-refractivity contribution in [3.63, 3.8) is 0 Å². The maximum atomic E-state index is 13.6. The molecule has 3 amide bonds. The number of carbonyl (C=O) groups is 3. The predicted octanol–water partition coefficient (Wildman–Crippen LogP) is 3.76. The summed E-state index contributed by atoms with van der Waals surface area (Å²) in [5.74, 6) is 0.194. The zero-order valence-electron chi connectivity index (χ0n) is 21.6. The van der Waals surface area contributed by atoms with Crippen molar-refractivity contribution in [2.45, 2.75) is 76.7 Å². The highest BCUT2D eigenvalue weighted by atomic mass is 16.5. The highest BCUT2D eigenvalue weighted by Gasteiger charge is 2.48. The third kappa shape index (κ3) is 4.86. The lowest BCUT2D eigenvalue weighted by Crippen LogP contribution is -2.49. The highest BCUT2D eigenvalue weighted by molar-refractivity contribution is 6.07. The molecule has 3 aliphatic rings. The first-order chi connectivity index (χ1) is 17.8. The fourth-order valence-electron chi connectivity index (χ4n) is 5.86. The van der Waals surface area contributed by atoms with Gasteiger partial charge in [-0.25, -0.2) is 4.98 Å². The highest BCUT2D eigenvalue weighted by Crippen LogP contribution is 2.44. The zero-order valence-corrected chi connectivity index (χ0v) is 21.6. The van der Waals surface area contributed by atoms with Crippen molar-refractivity contribution in [1.82, 2.24) is 15.5 Å². The number of nitrogens with zero attached hydrogens (tertiary/aromatic N) is 2. The van der Waals surface area contributed by atoms with Crippen LogP contribution in [-0.2, 0) is 19.7 Å². The number of hydrogen-bond donors (Lipinski definition) is 3. The van der Waals surface area contributed by atoms with Crippen LogP contribution in [0.2, 0.25) is 0 Å². The number of carbonyl (C=O) groups excluding carboxylic acids is 3. The molecule has 5 rings (SSSR count). The molecule has 3 N–H and O–H groups in total. The van der Waals surface area contributed by atoms with Crippen LogP contribution in [0.25, 0.3) is 0 Å². The molecule has 10 nitrogen and oxygen atoms in total. The van der Waals surface area contributed by atoms with E-state index in [9.17, 15) is 14.4 Å². The van der Waals surface area contributed by atoms with Gasteiger partial charge in [-0.3, -0.25) is 14.4 Å². The van der Waals surface area contributed by atoms with Crippen molar-refractivity contribution >= 4 is 29.2 Å². The Morgan fingerprint density at radius 1 is 1.16 bits per heavy atom. The van der Waals surface area contributed by atoms with Gasteiger partial charge in [-0.1, -0.05) is 38.8 Å². The molecule has 0 aromatic carbocycles. The van der Waals surface area contributed by atoms with Gasteiger partial charge in [0.25, 0.3) is 5.91 Å². The summed E-state index contributed by atoms with van der Waals surface area (Å²) >= 11 is 0. The summed E-state index contributed by atoms with van der Waals surface area (Å²) in [6, 6.07) is 0.968. The first-order valence-electron chi connectivity index (χ1n) is 13.2. The number of ether oxygens (including phenoxy) is 1. The average Bonchev–Trinajstić information content (AvgIpc) is 3.47. The third-order valence-electron chi connectivity index (χ3n) is 8.19. The Morgan fingerprint density at radius 3 is 2.59 bits per heavy atom. The summed E-state index contributed by atoms with van der Waals surface area (Å²) in [4.78, 5) is 44.1. The van der Waals surface area contributed by atoms with Crippen molar-refractivity contribution in [2.24, 2.45) is 11.8 Å². The van der Waals surface area contributed by atoms with Crippen LogP contribution in [0.4, 0.5) is 11.5 Å². The second kappa shape index (κ2) is 10.2. The molecule has 2 aliphatic heterocycles. The number of nitrogens with one attached hydrogen (secondary N) is 3. The maximum Gasteiger partial charge on any atom is 0.257 e. The van der Waals surface area contributed by atoms with E-state index in [-0.39, 0.29) is 29.6 Å². The number of aromatic nitrogens is 2. The first kappa shape index (κ1) is 25.4. The quantitative estimate of drug-likeness (QED) is 0.539. The fourth-order valence-corrected chi connectivity index (χ4v) is 5.86. The van der Waals surface area contributed by atoms with Crippen LogP contribution in [0.1, 0.15) is 86.8 Å². The van der Waals surface area contributed by atoms with Crippen LogP contribution < -0.4 is 16.0 Å². The van der Waals surface area contributed by atoms with Crippen LogP contribution in [0.15, 0.2) is 23.0 Å². The largest absolute Gasteiger partial charge is 0.381 e. The number of anilines is 2. The van der Waals surface area contributed by atoms with Gasteiger partial charge < -0.3 is 25.2 Å². The molecule has 4 heterocycles. The van der Waals surface area contributed by atoms with Crippen molar-refractivity contribution in [2.75, 3.05) is 23.8 Å². The van der Waals surface area contributed by atoms with Crippen LogP contribution in [0.5, 0.6) is 0 Å². The lowest BCUT2D eigenvalue weighted by Gasteiger charge is -2.32. The number of fused-ring (bicyclic) bond motifs is 2. The maximum absolute atomic E-state index is 13.6. The molecule has 2 aromatic heterocycles. The fraction of sp³-hybridized carbons (Fsp3) is 0.593. The Balaban J connectivity index is 1.36. The van der Waals surface area contributed by atoms with Gasteiger partial charge in [-0.2, -0.15) is 0 Å². The van der Waals surface area contributed by atoms with Gasteiger partial charge >= 0.3 is 0 Å². The lowest BCUT2D eigenvalue weighted by atomic mass is 9.76. The van der Waals surface area contributed by atoms with Gasteiger partial charge in [0, 0.05) is 31.0 Å². The Kier molecular flexibility index (Phi) is 7.02. The molecule has 198 valence electrons. The van der Waals surface area contributed by atoms with Crippen molar-refractivity contribution in [1.29, 1.82) is 0 Å². The summed E-state index contributed by atoms with van der Waals surface area (Å²) in [6.45, 7) is 7.13. The minimum Gasteiger partial charge on any atom is -0.381 e. The van der Waals surface area contributed by atoms with E-state index in [1.54, 1.807) is 12.3 Å². The van der Waals surface area contributed by atoms with Gasteiger partial charge in [0.05, 0.1) is 16.8 Å². The van der Waals surface area contributed by atoms with E-state index in [0.29, 0.717) is 54.7 Å². The number of amides is 3. The van der Waals surface area contributed by atoms with E-state index in [1.165, 1.54) is 6.26 Å². The summed E-state index contributed by atoms with van der Waals surface area (Å²) in [7, 11) is 0. The van der Waals surface area contributed by atoms with Crippen LogP contribution in [0.3, 0.4) is 0 Å². The van der Waals surface area contributed by atoms with Gasteiger partial charge in [-0.15, -0.1) is 0 Å². The Morgan fingerprint density at radius 2 is 1.89 bits per heavy atom. The summed E-state index contributed by atoms with van der Waals surface area (Å²) < 4.78 is 10.5. The smallest absolute Gasteiger partial charge is 0.257 e. The second-order valence-corrected chi connectivity index (χ2v) is 11.0. The molecular weight excluding hydrogens is 474 g/mol. The minimum absolute atomic E-state index is 0.00199. The van der Waals surface area contributed by atoms with E-state index < -0.39 is 11.5 Å². The molecule has 1 atom stereocenters. The SMILES string of the molecule is CC1CCC(C(NC(=O)c2conc2C(C)C)C(=O)Nc2cc3c(cn2)C2(CCOCC2)C(=O)N3)CC1. The Labute approximate surface area is 216 Å².